The highest BCUT2D eigenvalue weighted by atomic mass is 32.1. The maximum absolute atomic E-state index is 13.3. The van der Waals surface area contributed by atoms with Crippen LogP contribution in [0.5, 0.6) is 0 Å². The minimum atomic E-state index is -0.195. The first kappa shape index (κ1) is 20.8. The Hall–Kier alpha value is -1.96. The molecule has 0 amide bonds. The average Bonchev–Trinajstić information content (AvgIpc) is 3.13. The summed E-state index contributed by atoms with van der Waals surface area (Å²) in [6.07, 6.45) is 0.746. The largest absolute Gasteiger partial charge is 0.379 e. The highest BCUT2D eigenvalue weighted by Crippen LogP contribution is 2.27. The van der Waals surface area contributed by atoms with Crippen LogP contribution in [0.15, 0.2) is 41.4 Å². The van der Waals surface area contributed by atoms with Gasteiger partial charge in [0.25, 0.3) is 0 Å². The first-order chi connectivity index (χ1) is 13.7. The second-order valence-corrected chi connectivity index (χ2v) is 8.19. The molecule has 0 radical (unpaired) electrons. The van der Waals surface area contributed by atoms with Gasteiger partial charge in [-0.3, -0.25) is 9.89 Å². The second-order valence-electron chi connectivity index (χ2n) is 6.87. The summed E-state index contributed by atoms with van der Waals surface area (Å²) in [5, 5.41) is 6.79. The number of aliphatic imine (C=N–C) groups is 1. The van der Waals surface area contributed by atoms with Crippen LogP contribution in [-0.2, 0) is 11.2 Å². The highest BCUT2D eigenvalue weighted by molar-refractivity contribution is 7.12. The van der Waals surface area contributed by atoms with Crippen molar-refractivity contribution in [3.63, 3.8) is 0 Å². The van der Waals surface area contributed by atoms with Gasteiger partial charge >= 0.3 is 0 Å². The Morgan fingerprint density at radius 3 is 2.75 bits per heavy atom. The average molecular weight is 405 g/mol. The number of morpholine rings is 1. The third-order valence-electron chi connectivity index (χ3n) is 4.86. The Labute approximate surface area is 170 Å². The van der Waals surface area contributed by atoms with Gasteiger partial charge < -0.3 is 15.4 Å². The number of ether oxygens (including phenoxy) is 1. The Bertz CT molecular complexity index is 773. The van der Waals surface area contributed by atoms with E-state index >= 15 is 0 Å². The summed E-state index contributed by atoms with van der Waals surface area (Å²) < 4.78 is 18.8. The van der Waals surface area contributed by atoms with Crippen LogP contribution in [-0.4, -0.2) is 57.3 Å². The molecule has 0 spiro atoms. The SMILES string of the molecule is CN=C(NCCc1cccc(F)c1)NCC(c1ccc(C)s1)N1CCOCC1. The predicted molar refractivity (Wildman–Crippen MR) is 114 cm³/mol. The van der Waals surface area contributed by atoms with Gasteiger partial charge in [0, 0.05) is 43.0 Å². The van der Waals surface area contributed by atoms with Gasteiger partial charge in [0.05, 0.1) is 19.3 Å². The van der Waals surface area contributed by atoms with Gasteiger partial charge in [-0.2, -0.15) is 0 Å². The monoisotopic (exact) mass is 404 g/mol. The number of hydrogen-bond acceptors (Lipinski definition) is 4. The first-order valence-corrected chi connectivity index (χ1v) is 10.5. The van der Waals surface area contributed by atoms with E-state index in [9.17, 15) is 4.39 Å². The van der Waals surface area contributed by atoms with E-state index in [0.717, 1.165) is 50.8 Å². The first-order valence-electron chi connectivity index (χ1n) is 9.73. The molecule has 28 heavy (non-hydrogen) atoms. The fraction of sp³-hybridized carbons (Fsp3) is 0.476. The lowest BCUT2D eigenvalue weighted by Gasteiger charge is -2.34. The molecule has 1 aromatic heterocycles. The molecule has 1 aromatic carbocycles. The molecule has 2 heterocycles. The lowest BCUT2D eigenvalue weighted by molar-refractivity contribution is 0.0177. The minimum Gasteiger partial charge on any atom is -0.379 e. The minimum absolute atomic E-state index is 0.195. The molecule has 1 fully saturated rings. The Kier molecular flexibility index (Phi) is 7.82. The van der Waals surface area contributed by atoms with Gasteiger partial charge in [0.1, 0.15) is 5.82 Å². The van der Waals surface area contributed by atoms with E-state index in [2.05, 4.69) is 39.6 Å². The van der Waals surface area contributed by atoms with Crippen molar-refractivity contribution in [3.05, 3.63) is 57.5 Å². The zero-order valence-corrected chi connectivity index (χ0v) is 17.4. The second kappa shape index (κ2) is 10.5. The van der Waals surface area contributed by atoms with Crippen LogP contribution in [0.4, 0.5) is 4.39 Å². The number of aryl methyl sites for hydroxylation is 1. The smallest absolute Gasteiger partial charge is 0.191 e. The third-order valence-corrected chi connectivity index (χ3v) is 5.96. The van der Waals surface area contributed by atoms with Crippen molar-refractivity contribution >= 4 is 17.3 Å². The van der Waals surface area contributed by atoms with E-state index in [1.54, 1.807) is 19.2 Å². The lowest BCUT2D eigenvalue weighted by atomic mass is 10.1. The van der Waals surface area contributed by atoms with Crippen molar-refractivity contribution in [3.8, 4) is 0 Å². The van der Waals surface area contributed by atoms with Gasteiger partial charge in [-0.1, -0.05) is 12.1 Å². The maximum atomic E-state index is 13.3. The molecule has 0 saturated carbocycles. The van der Waals surface area contributed by atoms with E-state index in [0.29, 0.717) is 12.6 Å². The zero-order valence-electron chi connectivity index (χ0n) is 16.6. The van der Waals surface area contributed by atoms with Crippen LogP contribution >= 0.6 is 11.3 Å². The highest BCUT2D eigenvalue weighted by Gasteiger charge is 2.24. The van der Waals surface area contributed by atoms with Crippen LogP contribution in [0.25, 0.3) is 0 Å². The van der Waals surface area contributed by atoms with Crippen LogP contribution < -0.4 is 10.6 Å². The van der Waals surface area contributed by atoms with Crippen LogP contribution in [0.2, 0.25) is 0 Å². The van der Waals surface area contributed by atoms with Gasteiger partial charge in [-0.05, 0) is 43.2 Å². The molecular formula is C21H29FN4OS. The fourth-order valence-corrected chi connectivity index (χ4v) is 4.38. The standard InChI is InChI=1S/C21H29FN4OS/c1-16-6-7-20(28-16)19(26-10-12-27-13-11-26)15-25-21(23-2)24-9-8-17-4-3-5-18(22)14-17/h3-7,14,19H,8-13,15H2,1-2H3,(H2,23,24,25). The van der Waals surface area contributed by atoms with Crippen molar-refractivity contribution < 1.29 is 9.13 Å². The summed E-state index contributed by atoms with van der Waals surface area (Å²) in [5.74, 6) is 0.572. The number of benzene rings is 1. The van der Waals surface area contributed by atoms with Gasteiger partial charge in [-0.25, -0.2) is 4.39 Å². The molecule has 5 nitrogen and oxygen atoms in total. The molecule has 3 rings (SSSR count). The van der Waals surface area contributed by atoms with Crippen molar-refractivity contribution in [1.82, 2.24) is 15.5 Å². The van der Waals surface area contributed by atoms with E-state index in [4.69, 9.17) is 4.74 Å². The summed E-state index contributed by atoms with van der Waals surface area (Å²) in [6, 6.07) is 11.4. The Balaban J connectivity index is 1.54. The van der Waals surface area contributed by atoms with Gasteiger partial charge in [0.2, 0.25) is 0 Å². The summed E-state index contributed by atoms with van der Waals surface area (Å²) in [5.41, 5.74) is 0.975. The molecule has 0 bridgehead atoms. The molecule has 1 saturated heterocycles. The number of thiophene rings is 1. The van der Waals surface area contributed by atoms with E-state index in [-0.39, 0.29) is 5.82 Å². The Morgan fingerprint density at radius 1 is 1.25 bits per heavy atom. The zero-order chi connectivity index (χ0) is 19.8. The van der Waals surface area contributed by atoms with E-state index in [1.165, 1.54) is 15.8 Å². The summed E-state index contributed by atoms with van der Waals surface area (Å²) >= 11 is 1.85. The molecule has 0 aliphatic carbocycles. The van der Waals surface area contributed by atoms with E-state index in [1.807, 2.05) is 17.4 Å². The molecule has 1 unspecified atom stereocenters. The summed E-state index contributed by atoms with van der Waals surface area (Å²) in [4.78, 5) is 9.50. The van der Waals surface area contributed by atoms with Crippen molar-refractivity contribution in [2.75, 3.05) is 46.4 Å². The van der Waals surface area contributed by atoms with Crippen molar-refractivity contribution in [2.45, 2.75) is 19.4 Å². The lowest BCUT2D eigenvalue weighted by Crippen LogP contribution is -2.46. The van der Waals surface area contributed by atoms with Gasteiger partial charge in [-0.15, -0.1) is 11.3 Å². The maximum Gasteiger partial charge on any atom is 0.191 e. The quantitative estimate of drug-likeness (QED) is 0.550. The van der Waals surface area contributed by atoms with Crippen molar-refractivity contribution in [2.24, 2.45) is 4.99 Å². The number of guanidine groups is 1. The van der Waals surface area contributed by atoms with Gasteiger partial charge in [0.15, 0.2) is 5.96 Å². The molecule has 7 heteroatoms. The number of rotatable bonds is 7. The van der Waals surface area contributed by atoms with Crippen LogP contribution in [0.3, 0.4) is 0 Å². The molecule has 1 atom stereocenters. The summed E-state index contributed by atoms with van der Waals surface area (Å²) in [7, 11) is 1.77. The molecular weight excluding hydrogens is 375 g/mol. The summed E-state index contributed by atoms with van der Waals surface area (Å²) in [6.45, 7) is 7.06. The molecule has 1 aliphatic heterocycles. The predicted octanol–water partition coefficient (Wildman–Crippen LogP) is 2.98. The topological polar surface area (TPSA) is 48.9 Å². The van der Waals surface area contributed by atoms with Crippen LogP contribution in [0, 0.1) is 12.7 Å². The number of halogens is 1. The third kappa shape index (κ3) is 6.02. The molecule has 2 aromatic rings. The number of hydrogen-bond donors (Lipinski definition) is 2. The molecule has 152 valence electrons. The molecule has 1 aliphatic rings. The fourth-order valence-electron chi connectivity index (χ4n) is 3.36. The number of nitrogens with zero attached hydrogens (tertiary/aromatic N) is 2. The van der Waals surface area contributed by atoms with E-state index < -0.39 is 0 Å². The van der Waals surface area contributed by atoms with Crippen molar-refractivity contribution in [1.29, 1.82) is 0 Å². The normalized spacial score (nSPS) is 16.8. The van der Waals surface area contributed by atoms with Crippen LogP contribution in [0.1, 0.15) is 21.4 Å². The Morgan fingerprint density at radius 2 is 2.07 bits per heavy atom. The molecule has 2 N–H and O–H groups in total. The number of nitrogens with one attached hydrogen (secondary N) is 2.